The molecule has 0 fully saturated rings. The Morgan fingerprint density at radius 2 is 2.33 bits per heavy atom. The van der Waals surface area contributed by atoms with Gasteiger partial charge in [0.2, 0.25) is 0 Å². The molecule has 0 aliphatic rings. The number of ether oxygens (including phenoxy) is 1. The first-order valence-electron chi connectivity index (χ1n) is 3.54. The van der Waals surface area contributed by atoms with Gasteiger partial charge in [-0.3, -0.25) is 0 Å². The van der Waals surface area contributed by atoms with E-state index in [0.29, 0.717) is 11.3 Å². The summed E-state index contributed by atoms with van der Waals surface area (Å²) in [4.78, 5) is 0. The van der Waals surface area contributed by atoms with E-state index in [9.17, 15) is 4.39 Å². The van der Waals surface area contributed by atoms with Gasteiger partial charge in [0.25, 0.3) is 0 Å². The van der Waals surface area contributed by atoms with Crippen LogP contribution in [0.3, 0.4) is 0 Å². The summed E-state index contributed by atoms with van der Waals surface area (Å²) in [5.74, 6) is 2.57. The van der Waals surface area contributed by atoms with Gasteiger partial charge in [0, 0.05) is 12.0 Å². The highest BCUT2D eigenvalue weighted by atomic mass is 19.1. The molecule has 0 aliphatic carbocycles. The van der Waals surface area contributed by atoms with Crippen LogP contribution in [0.5, 0.6) is 5.75 Å². The fourth-order valence-corrected chi connectivity index (χ4v) is 1.00. The number of methoxy groups -OCH3 is 1. The van der Waals surface area contributed by atoms with Crippen molar-refractivity contribution in [2.75, 3.05) is 7.11 Å². The highest BCUT2D eigenvalue weighted by Crippen LogP contribution is 2.20. The minimum absolute atomic E-state index is 0.260. The fourth-order valence-electron chi connectivity index (χ4n) is 1.00. The first kappa shape index (κ1) is 8.61. The molecule has 0 saturated carbocycles. The van der Waals surface area contributed by atoms with E-state index in [2.05, 4.69) is 5.92 Å². The van der Waals surface area contributed by atoms with E-state index in [1.807, 2.05) is 0 Å². The highest BCUT2D eigenvalue weighted by Gasteiger charge is 2.06. The lowest BCUT2D eigenvalue weighted by Gasteiger charge is -2.05. The molecule has 0 heterocycles. The number of rotatable bonds is 2. The lowest BCUT2D eigenvalue weighted by Crippen LogP contribution is -1.94. The van der Waals surface area contributed by atoms with Crippen molar-refractivity contribution in [2.45, 2.75) is 6.42 Å². The quantitative estimate of drug-likeness (QED) is 0.607. The topological polar surface area (TPSA) is 9.23 Å². The van der Waals surface area contributed by atoms with Gasteiger partial charge in [0.05, 0.1) is 7.11 Å². The van der Waals surface area contributed by atoms with Gasteiger partial charge in [-0.2, -0.15) is 0 Å². The second kappa shape index (κ2) is 3.77. The first-order valence-corrected chi connectivity index (χ1v) is 3.54. The van der Waals surface area contributed by atoms with E-state index in [1.165, 1.54) is 13.2 Å². The predicted molar refractivity (Wildman–Crippen MR) is 45.5 cm³/mol. The van der Waals surface area contributed by atoms with Crippen molar-refractivity contribution in [3.63, 3.8) is 0 Å². The average Bonchev–Trinajstić information content (AvgIpc) is 2.09. The standard InChI is InChI=1S/C10H9FO/c1-3-5-8-9(11)6-4-7-10(8)12-2/h1,4,6-7H,5H2,2H3. The Hall–Kier alpha value is -1.49. The van der Waals surface area contributed by atoms with Crippen LogP contribution in [-0.2, 0) is 6.42 Å². The van der Waals surface area contributed by atoms with Crippen LogP contribution in [0.2, 0.25) is 0 Å². The van der Waals surface area contributed by atoms with Crippen molar-refractivity contribution < 1.29 is 9.13 Å². The summed E-state index contributed by atoms with van der Waals surface area (Å²) in [7, 11) is 1.49. The van der Waals surface area contributed by atoms with E-state index in [4.69, 9.17) is 11.2 Å². The summed E-state index contributed by atoms with van der Waals surface area (Å²) >= 11 is 0. The predicted octanol–water partition coefficient (Wildman–Crippen LogP) is 2.01. The molecular formula is C10H9FO. The third-order valence-electron chi connectivity index (χ3n) is 1.57. The van der Waals surface area contributed by atoms with Crippen molar-refractivity contribution in [2.24, 2.45) is 0 Å². The van der Waals surface area contributed by atoms with E-state index in [0.717, 1.165) is 0 Å². The molecule has 1 aromatic carbocycles. The van der Waals surface area contributed by atoms with E-state index >= 15 is 0 Å². The lowest BCUT2D eigenvalue weighted by molar-refractivity contribution is 0.406. The maximum atomic E-state index is 13.0. The van der Waals surface area contributed by atoms with Gasteiger partial charge in [-0.05, 0) is 12.1 Å². The molecule has 0 aliphatic heterocycles. The van der Waals surface area contributed by atoms with E-state index in [-0.39, 0.29) is 12.2 Å². The molecule has 12 heavy (non-hydrogen) atoms. The largest absolute Gasteiger partial charge is 0.496 e. The molecule has 0 atom stereocenters. The van der Waals surface area contributed by atoms with Crippen LogP contribution in [0.15, 0.2) is 18.2 Å². The zero-order valence-corrected chi connectivity index (χ0v) is 6.80. The molecule has 62 valence electrons. The number of hydrogen-bond donors (Lipinski definition) is 0. The summed E-state index contributed by atoms with van der Waals surface area (Å²) in [5, 5.41) is 0. The lowest BCUT2D eigenvalue weighted by atomic mass is 10.1. The fraction of sp³-hybridized carbons (Fsp3) is 0.200. The number of terminal acetylenes is 1. The van der Waals surface area contributed by atoms with Crippen LogP contribution >= 0.6 is 0 Å². The summed E-state index contributed by atoms with van der Waals surface area (Å²) in [6, 6.07) is 4.65. The molecular weight excluding hydrogens is 155 g/mol. The molecule has 0 spiro atoms. The number of halogens is 1. The van der Waals surface area contributed by atoms with Crippen LogP contribution in [0.4, 0.5) is 4.39 Å². The van der Waals surface area contributed by atoms with E-state index < -0.39 is 0 Å². The Kier molecular flexibility index (Phi) is 2.71. The maximum Gasteiger partial charge on any atom is 0.131 e. The van der Waals surface area contributed by atoms with Crippen molar-refractivity contribution in [3.05, 3.63) is 29.6 Å². The van der Waals surface area contributed by atoms with Crippen molar-refractivity contribution in [1.82, 2.24) is 0 Å². The van der Waals surface area contributed by atoms with Gasteiger partial charge in [0.15, 0.2) is 0 Å². The first-order chi connectivity index (χ1) is 5.79. The molecule has 0 saturated heterocycles. The minimum atomic E-state index is -0.313. The SMILES string of the molecule is C#CCc1c(F)cccc1OC. The smallest absolute Gasteiger partial charge is 0.131 e. The molecule has 0 unspecified atom stereocenters. The van der Waals surface area contributed by atoms with Gasteiger partial charge >= 0.3 is 0 Å². The van der Waals surface area contributed by atoms with Gasteiger partial charge in [0.1, 0.15) is 11.6 Å². The summed E-state index contributed by atoms with van der Waals surface area (Å²) in [5.41, 5.74) is 0.447. The molecule has 0 aromatic heterocycles. The number of benzene rings is 1. The van der Waals surface area contributed by atoms with E-state index in [1.54, 1.807) is 12.1 Å². The Morgan fingerprint density at radius 1 is 1.58 bits per heavy atom. The van der Waals surface area contributed by atoms with Gasteiger partial charge < -0.3 is 4.74 Å². The summed E-state index contributed by atoms with van der Waals surface area (Å²) in [6.07, 6.45) is 5.34. The molecule has 2 heteroatoms. The van der Waals surface area contributed by atoms with Crippen molar-refractivity contribution >= 4 is 0 Å². The molecule has 0 amide bonds. The molecule has 0 radical (unpaired) electrons. The molecule has 1 aromatic rings. The monoisotopic (exact) mass is 164 g/mol. The third kappa shape index (κ3) is 1.57. The second-order valence-corrected chi connectivity index (χ2v) is 2.30. The zero-order chi connectivity index (χ0) is 8.97. The number of hydrogen-bond acceptors (Lipinski definition) is 1. The minimum Gasteiger partial charge on any atom is -0.496 e. The maximum absolute atomic E-state index is 13.0. The van der Waals surface area contributed by atoms with Crippen LogP contribution in [0.1, 0.15) is 5.56 Å². The Morgan fingerprint density at radius 3 is 2.92 bits per heavy atom. The van der Waals surface area contributed by atoms with Gasteiger partial charge in [-0.1, -0.05) is 6.07 Å². The van der Waals surface area contributed by atoms with Gasteiger partial charge in [-0.25, -0.2) is 4.39 Å². The van der Waals surface area contributed by atoms with Gasteiger partial charge in [-0.15, -0.1) is 12.3 Å². The molecule has 0 N–H and O–H groups in total. The Balaban J connectivity index is 3.12. The Labute approximate surface area is 71.2 Å². The summed E-state index contributed by atoms with van der Waals surface area (Å²) < 4.78 is 18.0. The third-order valence-corrected chi connectivity index (χ3v) is 1.57. The van der Waals surface area contributed by atoms with Crippen LogP contribution in [0.25, 0.3) is 0 Å². The average molecular weight is 164 g/mol. The van der Waals surface area contributed by atoms with Crippen LogP contribution in [0, 0.1) is 18.2 Å². The van der Waals surface area contributed by atoms with Crippen LogP contribution < -0.4 is 4.74 Å². The zero-order valence-electron chi connectivity index (χ0n) is 6.80. The summed E-state index contributed by atoms with van der Waals surface area (Å²) in [6.45, 7) is 0. The normalized spacial score (nSPS) is 9.08. The van der Waals surface area contributed by atoms with Crippen LogP contribution in [-0.4, -0.2) is 7.11 Å². The Bertz CT molecular complexity index is 312. The molecule has 0 bridgehead atoms. The highest BCUT2D eigenvalue weighted by molar-refractivity contribution is 5.36. The van der Waals surface area contributed by atoms with Crippen molar-refractivity contribution in [1.29, 1.82) is 0 Å². The molecule has 1 nitrogen and oxygen atoms in total. The van der Waals surface area contributed by atoms with Crippen molar-refractivity contribution in [3.8, 4) is 18.1 Å². The molecule has 1 rings (SSSR count). The second-order valence-electron chi connectivity index (χ2n) is 2.30.